The van der Waals surface area contributed by atoms with Gasteiger partial charge in [0.1, 0.15) is 5.75 Å². The number of rotatable bonds is 7. The van der Waals surface area contributed by atoms with Gasteiger partial charge in [0.15, 0.2) is 0 Å². The third-order valence-electron chi connectivity index (χ3n) is 2.47. The van der Waals surface area contributed by atoms with Crippen molar-refractivity contribution in [1.29, 1.82) is 0 Å². The molecular weight excluding hydrogens is 238 g/mol. The molecule has 1 N–H and O–H groups in total. The number of benzene rings is 1. The Balaban J connectivity index is 2.55. The minimum absolute atomic E-state index is 0.233. The fraction of sp³-hybridized carbons (Fsp3) is 0.538. The lowest BCUT2D eigenvalue weighted by atomic mass is 10.2. The van der Waals surface area contributed by atoms with Crippen molar-refractivity contribution in [1.82, 2.24) is 10.2 Å². The first kappa shape index (κ1) is 14.9. The topological polar surface area (TPSA) is 24.5 Å². The Morgan fingerprint density at radius 1 is 1.28 bits per heavy atom. The first-order valence-corrected chi connectivity index (χ1v) is 5.90. The van der Waals surface area contributed by atoms with Crippen LogP contribution in [0.1, 0.15) is 12.5 Å². The number of alkyl halides is 2. The van der Waals surface area contributed by atoms with Crippen molar-refractivity contribution in [3.63, 3.8) is 0 Å². The van der Waals surface area contributed by atoms with Gasteiger partial charge in [-0.1, -0.05) is 18.2 Å². The summed E-state index contributed by atoms with van der Waals surface area (Å²) in [6.07, 6.45) is 0. The second-order valence-corrected chi connectivity index (χ2v) is 4.53. The van der Waals surface area contributed by atoms with Crippen molar-refractivity contribution in [3.05, 3.63) is 29.8 Å². The maximum atomic E-state index is 12.2. The van der Waals surface area contributed by atoms with Gasteiger partial charge in [-0.15, -0.1) is 0 Å². The van der Waals surface area contributed by atoms with Crippen LogP contribution in [0.2, 0.25) is 0 Å². The second-order valence-electron chi connectivity index (χ2n) is 4.53. The SMILES string of the molecule is CC(CN(C)C)NCc1ccccc1OC(F)F. The highest BCUT2D eigenvalue weighted by atomic mass is 19.3. The molecule has 0 saturated heterocycles. The van der Waals surface area contributed by atoms with Gasteiger partial charge in [0.05, 0.1) is 0 Å². The largest absolute Gasteiger partial charge is 0.434 e. The average Bonchev–Trinajstić information content (AvgIpc) is 2.26. The highest BCUT2D eigenvalue weighted by Gasteiger charge is 2.10. The van der Waals surface area contributed by atoms with E-state index in [1.165, 1.54) is 0 Å². The zero-order valence-electron chi connectivity index (χ0n) is 11.0. The van der Waals surface area contributed by atoms with Gasteiger partial charge in [0.2, 0.25) is 0 Å². The lowest BCUT2D eigenvalue weighted by Crippen LogP contribution is -2.35. The van der Waals surface area contributed by atoms with Crippen LogP contribution in [-0.2, 0) is 6.54 Å². The van der Waals surface area contributed by atoms with Gasteiger partial charge in [0.25, 0.3) is 0 Å². The van der Waals surface area contributed by atoms with Gasteiger partial charge < -0.3 is 15.0 Å². The number of nitrogens with zero attached hydrogens (tertiary/aromatic N) is 1. The van der Waals surface area contributed by atoms with Gasteiger partial charge >= 0.3 is 6.61 Å². The van der Waals surface area contributed by atoms with E-state index in [0.717, 1.165) is 12.1 Å². The summed E-state index contributed by atoms with van der Waals surface area (Å²) in [5, 5.41) is 3.28. The third-order valence-corrected chi connectivity index (χ3v) is 2.47. The Hall–Kier alpha value is -1.20. The lowest BCUT2D eigenvalue weighted by molar-refractivity contribution is -0.0505. The molecule has 0 amide bonds. The monoisotopic (exact) mass is 258 g/mol. The molecule has 0 bridgehead atoms. The molecule has 0 fully saturated rings. The molecule has 0 aliphatic carbocycles. The molecule has 1 rings (SSSR count). The van der Waals surface area contributed by atoms with Crippen LogP contribution in [0.5, 0.6) is 5.75 Å². The number of hydrogen-bond acceptors (Lipinski definition) is 3. The average molecular weight is 258 g/mol. The Labute approximate surface area is 107 Å². The molecule has 0 aliphatic heterocycles. The van der Waals surface area contributed by atoms with Crippen LogP contribution in [-0.4, -0.2) is 38.2 Å². The molecule has 5 heteroatoms. The molecule has 0 spiro atoms. The summed E-state index contributed by atoms with van der Waals surface area (Å²) in [4.78, 5) is 2.07. The van der Waals surface area contributed by atoms with Crippen molar-refractivity contribution < 1.29 is 13.5 Å². The molecule has 0 saturated carbocycles. The molecule has 1 aromatic rings. The quantitative estimate of drug-likeness (QED) is 0.812. The Bertz CT molecular complexity index is 359. The van der Waals surface area contributed by atoms with Crippen molar-refractivity contribution >= 4 is 0 Å². The smallest absolute Gasteiger partial charge is 0.387 e. The lowest BCUT2D eigenvalue weighted by Gasteiger charge is -2.19. The maximum Gasteiger partial charge on any atom is 0.387 e. The normalized spacial score (nSPS) is 13.1. The van der Waals surface area contributed by atoms with Gasteiger partial charge in [-0.2, -0.15) is 8.78 Å². The number of likely N-dealkylation sites (N-methyl/N-ethyl adjacent to an activating group) is 1. The molecule has 18 heavy (non-hydrogen) atoms. The number of halogens is 2. The molecule has 1 aromatic carbocycles. The Kier molecular flexibility index (Phi) is 6.01. The standard InChI is InChI=1S/C13H20F2N2O/c1-10(9-17(2)3)16-8-11-6-4-5-7-12(11)18-13(14)15/h4-7,10,13,16H,8-9H2,1-3H3. The Morgan fingerprint density at radius 3 is 2.56 bits per heavy atom. The van der Waals surface area contributed by atoms with Crippen molar-refractivity contribution in [2.45, 2.75) is 26.1 Å². The zero-order chi connectivity index (χ0) is 13.5. The van der Waals surface area contributed by atoms with E-state index in [0.29, 0.717) is 6.54 Å². The van der Waals surface area contributed by atoms with Gasteiger partial charge in [-0.3, -0.25) is 0 Å². The minimum atomic E-state index is -2.79. The van der Waals surface area contributed by atoms with Crippen LogP contribution >= 0.6 is 0 Å². The van der Waals surface area contributed by atoms with Crippen molar-refractivity contribution in [3.8, 4) is 5.75 Å². The van der Waals surface area contributed by atoms with Crippen LogP contribution in [0.15, 0.2) is 24.3 Å². The van der Waals surface area contributed by atoms with E-state index < -0.39 is 6.61 Å². The number of para-hydroxylation sites is 1. The van der Waals surface area contributed by atoms with Gasteiger partial charge in [-0.25, -0.2) is 0 Å². The van der Waals surface area contributed by atoms with Gasteiger partial charge in [-0.05, 0) is 27.1 Å². The zero-order valence-corrected chi connectivity index (χ0v) is 11.0. The third kappa shape index (κ3) is 5.42. The summed E-state index contributed by atoms with van der Waals surface area (Å²) in [6.45, 7) is 0.664. The van der Waals surface area contributed by atoms with Crippen molar-refractivity contribution in [2.75, 3.05) is 20.6 Å². The van der Waals surface area contributed by atoms with Crippen molar-refractivity contribution in [2.24, 2.45) is 0 Å². The summed E-state index contributed by atoms with van der Waals surface area (Å²) >= 11 is 0. The summed E-state index contributed by atoms with van der Waals surface area (Å²) in [5.74, 6) is 0.233. The first-order valence-electron chi connectivity index (χ1n) is 5.90. The maximum absolute atomic E-state index is 12.2. The van der Waals surface area contributed by atoms with Crippen LogP contribution in [0.3, 0.4) is 0 Å². The molecule has 0 aromatic heterocycles. The molecule has 1 unspecified atom stereocenters. The predicted octanol–water partition coefficient (Wildman–Crippen LogP) is 2.33. The van der Waals surface area contributed by atoms with Crippen LogP contribution in [0, 0.1) is 0 Å². The summed E-state index contributed by atoms with van der Waals surface area (Å²) in [7, 11) is 3.98. The van der Waals surface area contributed by atoms with Gasteiger partial charge in [0, 0.05) is 24.7 Å². The van der Waals surface area contributed by atoms with Crippen LogP contribution in [0.25, 0.3) is 0 Å². The summed E-state index contributed by atoms with van der Waals surface area (Å²) in [5.41, 5.74) is 0.739. The minimum Gasteiger partial charge on any atom is -0.434 e. The second kappa shape index (κ2) is 7.28. The highest BCUT2D eigenvalue weighted by Crippen LogP contribution is 2.20. The first-order chi connectivity index (χ1) is 8.49. The van der Waals surface area contributed by atoms with E-state index in [1.54, 1.807) is 18.2 Å². The number of hydrogen-bond donors (Lipinski definition) is 1. The summed E-state index contributed by atoms with van der Waals surface area (Å²) < 4.78 is 28.9. The van der Waals surface area contributed by atoms with E-state index in [-0.39, 0.29) is 11.8 Å². The van der Waals surface area contributed by atoms with Crippen LogP contribution in [0.4, 0.5) is 8.78 Å². The van der Waals surface area contributed by atoms with E-state index in [4.69, 9.17) is 0 Å². The molecule has 0 aliphatic rings. The molecule has 3 nitrogen and oxygen atoms in total. The molecule has 1 atom stereocenters. The molecule has 0 radical (unpaired) electrons. The van der Waals surface area contributed by atoms with Crippen LogP contribution < -0.4 is 10.1 Å². The molecular formula is C13H20F2N2O. The summed E-state index contributed by atoms with van der Waals surface area (Å²) in [6, 6.07) is 7.11. The Morgan fingerprint density at radius 2 is 1.94 bits per heavy atom. The fourth-order valence-electron chi connectivity index (χ4n) is 1.76. The fourth-order valence-corrected chi connectivity index (χ4v) is 1.76. The van der Waals surface area contributed by atoms with E-state index in [1.807, 2.05) is 20.2 Å². The number of nitrogens with one attached hydrogen (secondary N) is 1. The number of ether oxygens (including phenoxy) is 1. The van der Waals surface area contributed by atoms with E-state index in [9.17, 15) is 8.78 Å². The molecule has 0 heterocycles. The highest BCUT2D eigenvalue weighted by molar-refractivity contribution is 5.33. The van der Waals surface area contributed by atoms with E-state index in [2.05, 4.69) is 21.9 Å². The predicted molar refractivity (Wildman–Crippen MR) is 67.9 cm³/mol. The van der Waals surface area contributed by atoms with E-state index >= 15 is 0 Å². The molecule has 102 valence electrons.